The van der Waals surface area contributed by atoms with Crippen molar-refractivity contribution in [1.82, 2.24) is 4.90 Å². The Morgan fingerprint density at radius 2 is 1.85 bits per heavy atom. The highest BCUT2D eigenvalue weighted by Crippen LogP contribution is 2.26. The first kappa shape index (κ1) is 11.0. The van der Waals surface area contributed by atoms with Crippen LogP contribution in [0.2, 0.25) is 0 Å². The highest BCUT2D eigenvalue weighted by molar-refractivity contribution is 4.84. The third kappa shape index (κ3) is 2.96. The molecule has 0 amide bonds. The van der Waals surface area contributed by atoms with Gasteiger partial charge in [0.25, 0.3) is 0 Å². The van der Waals surface area contributed by atoms with E-state index in [4.69, 9.17) is 4.74 Å². The van der Waals surface area contributed by atoms with Gasteiger partial charge in [0, 0.05) is 25.7 Å². The van der Waals surface area contributed by atoms with Crippen LogP contribution >= 0.6 is 0 Å². The second-order valence-electron chi connectivity index (χ2n) is 4.51. The Morgan fingerprint density at radius 1 is 1.31 bits per heavy atom. The van der Waals surface area contributed by atoms with E-state index in [0.29, 0.717) is 6.04 Å². The zero-order chi connectivity index (χ0) is 9.90. The zero-order valence-corrected chi connectivity index (χ0v) is 9.47. The standard InChI is InChI=1S/C11H23NO/c1-5-13-11(4)6-8-12(9-7-11)10(2)3/h10H,5-9H2,1-4H3. The molecular weight excluding hydrogens is 162 g/mol. The molecule has 0 radical (unpaired) electrons. The molecule has 1 heterocycles. The molecular formula is C11H23NO. The summed E-state index contributed by atoms with van der Waals surface area (Å²) < 4.78 is 5.77. The Balaban J connectivity index is 2.37. The average molecular weight is 185 g/mol. The van der Waals surface area contributed by atoms with Crippen molar-refractivity contribution in [1.29, 1.82) is 0 Å². The Labute approximate surface area is 82.3 Å². The van der Waals surface area contributed by atoms with Crippen molar-refractivity contribution in [2.45, 2.75) is 52.2 Å². The summed E-state index contributed by atoms with van der Waals surface area (Å²) in [7, 11) is 0. The number of hydrogen-bond acceptors (Lipinski definition) is 2. The van der Waals surface area contributed by atoms with Crippen LogP contribution in [0.1, 0.15) is 40.5 Å². The van der Waals surface area contributed by atoms with Gasteiger partial charge in [-0.2, -0.15) is 0 Å². The predicted octanol–water partition coefficient (Wildman–Crippen LogP) is 2.29. The van der Waals surface area contributed by atoms with Gasteiger partial charge in [0.05, 0.1) is 5.60 Å². The molecule has 1 fully saturated rings. The van der Waals surface area contributed by atoms with Crippen LogP contribution in [0.15, 0.2) is 0 Å². The smallest absolute Gasteiger partial charge is 0.0678 e. The lowest BCUT2D eigenvalue weighted by Gasteiger charge is -2.40. The Hall–Kier alpha value is -0.0800. The first-order valence-electron chi connectivity index (χ1n) is 5.45. The minimum absolute atomic E-state index is 0.153. The SMILES string of the molecule is CCOC1(C)CCN(C(C)C)CC1. The molecule has 2 nitrogen and oxygen atoms in total. The molecule has 0 aromatic carbocycles. The second-order valence-corrected chi connectivity index (χ2v) is 4.51. The zero-order valence-electron chi connectivity index (χ0n) is 9.47. The van der Waals surface area contributed by atoms with Gasteiger partial charge in [0.2, 0.25) is 0 Å². The van der Waals surface area contributed by atoms with Crippen LogP contribution in [-0.4, -0.2) is 36.2 Å². The molecule has 2 heteroatoms. The van der Waals surface area contributed by atoms with Gasteiger partial charge in [-0.05, 0) is 40.5 Å². The fourth-order valence-corrected chi connectivity index (χ4v) is 2.01. The third-order valence-corrected chi connectivity index (χ3v) is 3.08. The lowest BCUT2D eigenvalue weighted by molar-refractivity contribution is -0.0696. The van der Waals surface area contributed by atoms with E-state index in [1.165, 1.54) is 25.9 Å². The van der Waals surface area contributed by atoms with Gasteiger partial charge in [0.1, 0.15) is 0 Å². The molecule has 0 aliphatic carbocycles. The Kier molecular flexibility index (Phi) is 3.74. The molecule has 0 atom stereocenters. The summed E-state index contributed by atoms with van der Waals surface area (Å²) in [5.74, 6) is 0. The highest BCUT2D eigenvalue weighted by atomic mass is 16.5. The summed E-state index contributed by atoms with van der Waals surface area (Å²) in [5, 5.41) is 0. The van der Waals surface area contributed by atoms with Crippen molar-refractivity contribution in [3.63, 3.8) is 0 Å². The maximum atomic E-state index is 5.77. The maximum Gasteiger partial charge on any atom is 0.0678 e. The lowest BCUT2D eigenvalue weighted by Crippen LogP contribution is -2.46. The maximum absolute atomic E-state index is 5.77. The van der Waals surface area contributed by atoms with E-state index in [1.807, 2.05) is 0 Å². The van der Waals surface area contributed by atoms with Crippen LogP contribution in [0.4, 0.5) is 0 Å². The van der Waals surface area contributed by atoms with Crippen LogP contribution in [0.3, 0.4) is 0 Å². The van der Waals surface area contributed by atoms with Crippen molar-refractivity contribution in [2.24, 2.45) is 0 Å². The summed E-state index contributed by atoms with van der Waals surface area (Å²) in [6, 6.07) is 0.686. The largest absolute Gasteiger partial charge is 0.375 e. The van der Waals surface area contributed by atoms with Crippen LogP contribution in [0.5, 0.6) is 0 Å². The van der Waals surface area contributed by atoms with Gasteiger partial charge in [-0.15, -0.1) is 0 Å². The molecule has 0 saturated carbocycles. The third-order valence-electron chi connectivity index (χ3n) is 3.08. The van der Waals surface area contributed by atoms with Crippen molar-refractivity contribution >= 4 is 0 Å². The number of rotatable bonds is 3. The van der Waals surface area contributed by atoms with Gasteiger partial charge >= 0.3 is 0 Å². The Morgan fingerprint density at radius 3 is 2.23 bits per heavy atom. The molecule has 1 aliphatic rings. The van der Waals surface area contributed by atoms with E-state index >= 15 is 0 Å². The fourth-order valence-electron chi connectivity index (χ4n) is 2.01. The van der Waals surface area contributed by atoms with Crippen LogP contribution in [-0.2, 0) is 4.74 Å². The number of likely N-dealkylation sites (tertiary alicyclic amines) is 1. The van der Waals surface area contributed by atoms with Gasteiger partial charge in [-0.1, -0.05) is 0 Å². The second kappa shape index (κ2) is 4.43. The summed E-state index contributed by atoms with van der Waals surface area (Å²) in [6.45, 7) is 12.1. The van der Waals surface area contributed by atoms with Crippen LogP contribution < -0.4 is 0 Å². The molecule has 0 bridgehead atoms. The van der Waals surface area contributed by atoms with E-state index in [0.717, 1.165) is 6.61 Å². The molecule has 1 saturated heterocycles. The minimum atomic E-state index is 0.153. The van der Waals surface area contributed by atoms with E-state index < -0.39 is 0 Å². The van der Waals surface area contributed by atoms with Crippen molar-refractivity contribution in [3.8, 4) is 0 Å². The van der Waals surface area contributed by atoms with Gasteiger partial charge < -0.3 is 9.64 Å². The van der Waals surface area contributed by atoms with Crippen molar-refractivity contribution in [2.75, 3.05) is 19.7 Å². The lowest BCUT2D eigenvalue weighted by atomic mass is 9.92. The number of piperidine rings is 1. The average Bonchev–Trinajstić information content (AvgIpc) is 2.05. The number of nitrogens with zero attached hydrogens (tertiary/aromatic N) is 1. The van der Waals surface area contributed by atoms with E-state index in [2.05, 4.69) is 32.6 Å². The molecule has 1 aliphatic heterocycles. The van der Waals surface area contributed by atoms with E-state index in [9.17, 15) is 0 Å². The fraction of sp³-hybridized carbons (Fsp3) is 1.00. The number of ether oxygens (including phenoxy) is 1. The molecule has 78 valence electrons. The van der Waals surface area contributed by atoms with E-state index in [1.54, 1.807) is 0 Å². The molecule has 0 N–H and O–H groups in total. The molecule has 0 unspecified atom stereocenters. The normalized spacial score (nSPS) is 23.8. The topological polar surface area (TPSA) is 12.5 Å². The van der Waals surface area contributed by atoms with Crippen molar-refractivity contribution < 1.29 is 4.74 Å². The van der Waals surface area contributed by atoms with Crippen molar-refractivity contribution in [3.05, 3.63) is 0 Å². The molecule has 0 aromatic rings. The first-order valence-corrected chi connectivity index (χ1v) is 5.45. The van der Waals surface area contributed by atoms with Crippen LogP contribution in [0.25, 0.3) is 0 Å². The molecule has 0 aromatic heterocycles. The molecule has 0 spiro atoms. The quantitative estimate of drug-likeness (QED) is 0.669. The summed E-state index contributed by atoms with van der Waals surface area (Å²) in [6.07, 6.45) is 2.36. The monoisotopic (exact) mass is 185 g/mol. The summed E-state index contributed by atoms with van der Waals surface area (Å²) in [4.78, 5) is 2.53. The first-order chi connectivity index (χ1) is 6.07. The van der Waals surface area contributed by atoms with Gasteiger partial charge in [-0.25, -0.2) is 0 Å². The van der Waals surface area contributed by atoms with Gasteiger partial charge in [0.15, 0.2) is 0 Å². The highest BCUT2D eigenvalue weighted by Gasteiger charge is 2.30. The molecule has 13 heavy (non-hydrogen) atoms. The summed E-state index contributed by atoms with van der Waals surface area (Å²) in [5.41, 5.74) is 0.153. The number of hydrogen-bond donors (Lipinski definition) is 0. The van der Waals surface area contributed by atoms with Gasteiger partial charge in [-0.3, -0.25) is 0 Å². The van der Waals surface area contributed by atoms with Crippen LogP contribution in [0, 0.1) is 0 Å². The molecule has 1 rings (SSSR count). The van der Waals surface area contributed by atoms with E-state index in [-0.39, 0.29) is 5.60 Å². The summed E-state index contributed by atoms with van der Waals surface area (Å²) >= 11 is 0. The predicted molar refractivity (Wildman–Crippen MR) is 56.0 cm³/mol. The Bertz CT molecular complexity index is 148. The minimum Gasteiger partial charge on any atom is -0.375 e.